The van der Waals surface area contributed by atoms with Gasteiger partial charge in [0.25, 0.3) is 0 Å². The first kappa shape index (κ1) is 42.9. The average molecular weight is 665 g/mol. The molecule has 0 spiro atoms. The Morgan fingerprint density at radius 3 is 1.85 bits per heavy atom. The van der Waals surface area contributed by atoms with Crippen molar-refractivity contribution in [3.8, 4) is 0 Å². The van der Waals surface area contributed by atoms with Gasteiger partial charge in [0, 0.05) is 50.0 Å². The molecule has 0 aliphatic rings. The monoisotopic (exact) mass is 664 g/mol. The zero-order valence-corrected chi connectivity index (χ0v) is 28.5. The number of Topliss-reactive ketones (excluding diaryl/α,β-unsaturated/α-hetero) is 3. The van der Waals surface area contributed by atoms with E-state index in [2.05, 4.69) is 21.3 Å². The summed E-state index contributed by atoms with van der Waals surface area (Å²) < 4.78 is 0. The molecule has 6 atom stereocenters. The largest absolute Gasteiger partial charge is 0.351 e. The summed E-state index contributed by atoms with van der Waals surface area (Å²) in [5.74, 6) is -3.96. The lowest BCUT2D eigenvalue weighted by Crippen LogP contribution is -2.52. The Bertz CT molecular complexity index is 1140. The van der Waals surface area contributed by atoms with E-state index < -0.39 is 53.2 Å². The maximum Gasteiger partial charge on any atom is 0.242 e. The highest BCUT2D eigenvalue weighted by Crippen LogP contribution is 2.13. The van der Waals surface area contributed by atoms with Gasteiger partial charge in [-0.05, 0) is 66.2 Å². The minimum Gasteiger partial charge on any atom is -0.351 e. The van der Waals surface area contributed by atoms with Gasteiger partial charge in [0.15, 0.2) is 5.78 Å². The van der Waals surface area contributed by atoms with Crippen molar-refractivity contribution >= 4 is 59.8 Å². The van der Waals surface area contributed by atoms with Crippen molar-refractivity contribution < 1.29 is 47.9 Å². The van der Waals surface area contributed by atoms with Gasteiger partial charge in [-0.3, -0.25) is 28.8 Å². The van der Waals surface area contributed by atoms with Gasteiger partial charge < -0.3 is 40.4 Å². The van der Waals surface area contributed by atoms with Gasteiger partial charge in [-0.15, -0.1) is 0 Å². The quantitative estimate of drug-likeness (QED) is 0.0970. The Kier molecular flexibility index (Phi) is 20.5. The van der Waals surface area contributed by atoms with E-state index in [1.807, 2.05) is 0 Å². The van der Waals surface area contributed by atoms with Crippen LogP contribution in [0.2, 0.25) is 0 Å². The molecule has 0 aliphatic heterocycles. The summed E-state index contributed by atoms with van der Waals surface area (Å²) in [5, 5.41) is 10.5. The van der Waals surface area contributed by atoms with Crippen molar-refractivity contribution in [3.63, 3.8) is 0 Å². The fourth-order valence-electron chi connectivity index (χ4n) is 4.60. The number of aldehydes is 3. The number of nitrogens with one attached hydrogen (secondary N) is 4. The molecule has 0 saturated carbocycles. The Morgan fingerprint density at radius 1 is 0.681 bits per heavy atom. The number of carbonyl (C=O) groups is 10. The van der Waals surface area contributed by atoms with Crippen LogP contribution in [0.3, 0.4) is 0 Å². The van der Waals surface area contributed by atoms with Gasteiger partial charge in [-0.1, -0.05) is 13.8 Å². The second kappa shape index (κ2) is 22.4. The van der Waals surface area contributed by atoms with Crippen LogP contribution in [-0.4, -0.2) is 83.5 Å². The molecule has 0 aromatic carbocycles. The minimum absolute atomic E-state index is 0.00912. The lowest BCUT2D eigenvalue weighted by molar-refractivity contribution is -0.132. The summed E-state index contributed by atoms with van der Waals surface area (Å²) in [6, 6.07) is -2.89. The molecule has 0 aromatic heterocycles. The number of carbonyl (C=O) groups excluding carboxylic acids is 10. The van der Waals surface area contributed by atoms with E-state index in [9.17, 15) is 47.9 Å². The molecule has 0 saturated heterocycles. The molecule has 0 bridgehead atoms. The number of amides is 4. The summed E-state index contributed by atoms with van der Waals surface area (Å²) >= 11 is 0. The van der Waals surface area contributed by atoms with Crippen molar-refractivity contribution in [2.24, 2.45) is 11.8 Å². The van der Waals surface area contributed by atoms with E-state index in [0.717, 1.165) is 6.29 Å². The van der Waals surface area contributed by atoms with E-state index in [1.165, 1.54) is 27.7 Å². The van der Waals surface area contributed by atoms with Crippen LogP contribution >= 0.6 is 0 Å². The van der Waals surface area contributed by atoms with Crippen LogP contribution in [0.1, 0.15) is 112 Å². The van der Waals surface area contributed by atoms with Gasteiger partial charge in [0.1, 0.15) is 36.5 Å². The van der Waals surface area contributed by atoms with E-state index in [4.69, 9.17) is 0 Å². The van der Waals surface area contributed by atoms with Crippen molar-refractivity contribution in [2.45, 2.75) is 136 Å². The van der Waals surface area contributed by atoms with Crippen LogP contribution < -0.4 is 21.3 Å². The number of rotatable bonds is 26. The summed E-state index contributed by atoms with van der Waals surface area (Å²) in [4.78, 5) is 120. The molecule has 5 unspecified atom stereocenters. The first-order valence-corrected chi connectivity index (χ1v) is 16.0. The van der Waals surface area contributed by atoms with Gasteiger partial charge in [-0.2, -0.15) is 0 Å². The molecule has 4 amide bonds. The van der Waals surface area contributed by atoms with E-state index in [1.54, 1.807) is 13.8 Å². The molecule has 0 heterocycles. The predicted molar refractivity (Wildman–Crippen MR) is 172 cm³/mol. The van der Waals surface area contributed by atoms with Gasteiger partial charge in [0.05, 0.1) is 11.6 Å². The molecule has 264 valence electrons. The van der Waals surface area contributed by atoms with Crippen LogP contribution in [0.25, 0.3) is 0 Å². The molecular weight excluding hydrogens is 612 g/mol. The highest BCUT2D eigenvalue weighted by molar-refractivity contribution is 5.91. The number of ketones is 3. The lowest BCUT2D eigenvalue weighted by atomic mass is 9.95. The van der Waals surface area contributed by atoms with Crippen LogP contribution in [0.4, 0.5) is 0 Å². The van der Waals surface area contributed by atoms with Crippen LogP contribution in [0.15, 0.2) is 0 Å². The maximum absolute atomic E-state index is 13.4. The van der Waals surface area contributed by atoms with Crippen molar-refractivity contribution in [2.75, 3.05) is 0 Å². The molecule has 14 nitrogen and oxygen atoms in total. The summed E-state index contributed by atoms with van der Waals surface area (Å²) in [6.45, 7) is 8.76. The number of hydrogen-bond acceptors (Lipinski definition) is 10. The highest BCUT2D eigenvalue weighted by Gasteiger charge is 2.29. The number of hydrogen-bond donors (Lipinski definition) is 4. The molecule has 0 aromatic rings. The van der Waals surface area contributed by atoms with E-state index in [-0.39, 0.29) is 87.5 Å². The van der Waals surface area contributed by atoms with Crippen molar-refractivity contribution in [3.05, 3.63) is 0 Å². The van der Waals surface area contributed by atoms with Crippen LogP contribution in [-0.2, 0) is 47.9 Å². The Balaban J connectivity index is 5.72. The molecular formula is C33H52N4O10. The van der Waals surface area contributed by atoms with Gasteiger partial charge >= 0.3 is 0 Å². The third-order valence-electron chi connectivity index (χ3n) is 7.71. The van der Waals surface area contributed by atoms with Gasteiger partial charge in [0.2, 0.25) is 23.6 Å². The second-order valence-electron chi connectivity index (χ2n) is 12.6. The summed E-state index contributed by atoms with van der Waals surface area (Å²) in [5.41, 5.74) is -1.27. The third kappa shape index (κ3) is 19.2. The molecule has 4 N–H and O–H groups in total. The fourth-order valence-corrected chi connectivity index (χ4v) is 4.60. The molecule has 0 fully saturated rings. The molecule has 0 radical (unpaired) electrons. The predicted octanol–water partition coefficient (Wildman–Crippen LogP) is 1.24. The molecule has 0 aliphatic carbocycles. The second-order valence-corrected chi connectivity index (χ2v) is 12.6. The topological polar surface area (TPSA) is 219 Å². The first-order chi connectivity index (χ1) is 22.0. The van der Waals surface area contributed by atoms with Gasteiger partial charge in [-0.25, -0.2) is 0 Å². The highest BCUT2D eigenvalue weighted by atomic mass is 16.2. The maximum atomic E-state index is 13.4. The fraction of sp³-hybridized carbons (Fsp3) is 0.697. The summed E-state index contributed by atoms with van der Waals surface area (Å²) in [7, 11) is 0. The Morgan fingerprint density at radius 2 is 1.32 bits per heavy atom. The Labute approximate surface area is 276 Å². The molecule has 47 heavy (non-hydrogen) atoms. The smallest absolute Gasteiger partial charge is 0.242 e. The zero-order chi connectivity index (χ0) is 36.2. The standard InChI is InChI=1S/C33H52N4O10/c1-21(19-39)9-11-27(25(5)43)35-29(44)14-12-28(36-31(46)22(2)8-7-17-38)32(47)34-26(18-24(4)42)10-13-30(45)37-33(6,20-40)16-15-23(3)41/h17,19-22,26-28H,7-16,18H2,1-6H3,(H,34,47)(H,35,44)(H,36,46)(H,37,45)/t21?,22?,26?,27?,28?,33-/m1/s1. The molecule has 0 rings (SSSR count). The first-order valence-electron chi connectivity index (χ1n) is 16.0. The average Bonchev–Trinajstić information content (AvgIpc) is 3.00. The van der Waals surface area contributed by atoms with Crippen molar-refractivity contribution in [1.29, 1.82) is 0 Å². The minimum atomic E-state index is -1.27. The SMILES string of the molecule is CC(=O)CC[C@](C)(C=O)NC(=O)CCC(CC(C)=O)NC(=O)C(CCC(=O)NC(CCC(C)C=O)C(C)=O)NC(=O)C(C)CCC=O. The Hall–Kier alpha value is -4.10. The van der Waals surface area contributed by atoms with Crippen LogP contribution in [0.5, 0.6) is 0 Å². The molecule has 14 heteroatoms. The van der Waals surface area contributed by atoms with Crippen LogP contribution in [0, 0.1) is 11.8 Å². The normalized spacial score (nSPS) is 15.3. The van der Waals surface area contributed by atoms with E-state index in [0.29, 0.717) is 19.0 Å². The zero-order valence-electron chi connectivity index (χ0n) is 28.5. The summed E-state index contributed by atoms with van der Waals surface area (Å²) in [6.07, 6.45) is 2.46. The third-order valence-corrected chi connectivity index (χ3v) is 7.71. The van der Waals surface area contributed by atoms with Crippen molar-refractivity contribution in [1.82, 2.24) is 21.3 Å². The van der Waals surface area contributed by atoms with E-state index >= 15 is 0 Å². The lowest BCUT2D eigenvalue weighted by Gasteiger charge is -2.26.